The Labute approximate surface area is 296 Å². The van der Waals surface area contributed by atoms with Crippen molar-refractivity contribution in [1.29, 1.82) is 0 Å². The summed E-state index contributed by atoms with van der Waals surface area (Å²) in [5.74, 6) is -1.08. The lowest BCUT2D eigenvalue weighted by Gasteiger charge is -2.25. The van der Waals surface area contributed by atoms with Gasteiger partial charge < -0.3 is 29.7 Å². The summed E-state index contributed by atoms with van der Waals surface area (Å²) in [5, 5.41) is 6.38. The molecule has 15 heteroatoms. The van der Waals surface area contributed by atoms with E-state index in [4.69, 9.17) is 19.2 Å². The number of cyclic esters (lactones) is 1. The predicted octanol–water partition coefficient (Wildman–Crippen LogP) is 3.17. The second-order valence-electron chi connectivity index (χ2n) is 12.6. The van der Waals surface area contributed by atoms with Crippen LogP contribution in [0.4, 0.5) is 10.5 Å². The van der Waals surface area contributed by atoms with Gasteiger partial charge in [0.05, 0.1) is 29.7 Å². The summed E-state index contributed by atoms with van der Waals surface area (Å²) in [7, 11) is 0.0441. The third-order valence-corrected chi connectivity index (χ3v) is 10.0. The lowest BCUT2D eigenvalue weighted by molar-refractivity contribution is -0.153. The Bertz CT molecular complexity index is 2010. The van der Waals surface area contributed by atoms with Gasteiger partial charge in [-0.3, -0.25) is 9.59 Å². The third kappa shape index (κ3) is 8.61. The van der Waals surface area contributed by atoms with Gasteiger partial charge in [-0.25, -0.2) is 23.0 Å². The van der Waals surface area contributed by atoms with E-state index in [2.05, 4.69) is 10.6 Å². The fourth-order valence-corrected chi connectivity index (χ4v) is 7.34. The zero-order valence-corrected chi connectivity index (χ0v) is 29.9. The quantitative estimate of drug-likeness (QED) is 0.196. The van der Waals surface area contributed by atoms with E-state index in [1.54, 1.807) is 37.4 Å². The van der Waals surface area contributed by atoms with Crippen molar-refractivity contribution in [3.05, 3.63) is 88.1 Å². The van der Waals surface area contributed by atoms with Crippen molar-refractivity contribution in [2.75, 3.05) is 45.4 Å². The molecule has 1 amide bonds. The maximum Gasteiger partial charge on any atom is 0.509 e. The molecule has 2 aliphatic rings. The molecular formula is C36H41N5O9S. The van der Waals surface area contributed by atoms with Crippen molar-refractivity contribution < 1.29 is 41.8 Å². The summed E-state index contributed by atoms with van der Waals surface area (Å²) < 4.78 is 42.5. The van der Waals surface area contributed by atoms with Crippen molar-refractivity contribution in [3.8, 4) is 0 Å². The second-order valence-corrected chi connectivity index (χ2v) is 14.5. The topological polar surface area (TPSA) is 174 Å². The highest BCUT2D eigenvalue weighted by molar-refractivity contribution is 7.88. The Morgan fingerprint density at radius 2 is 1.88 bits per heavy atom. The molecule has 0 radical (unpaired) electrons. The van der Waals surface area contributed by atoms with Crippen LogP contribution in [0.2, 0.25) is 0 Å². The average Bonchev–Trinajstić information content (AvgIpc) is 3.39. The number of anilines is 1. The molecule has 0 saturated carbocycles. The monoisotopic (exact) mass is 719 g/mol. The van der Waals surface area contributed by atoms with Crippen LogP contribution in [0.5, 0.6) is 0 Å². The predicted molar refractivity (Wildman–Crippen MR) is 190 cm³/mol. The molecule has 2 aliphatic heterocycles. The molecule has 1 atom stereocenters. The van der Waals surface area contributed by atoms with Gasteiger partial charge in [0.1, 0.15) is 19.5 Å². The molecule has 2 N–H and O–H groups in total. The number of para-hydroxylation sites is 1. The molecule has 5 rings (SSSR count). The number of nitrogens with one attached hydrogen (secondary N) is 2. The van der Waals surface area contributed by atoms with Crippen LogP contribution in [0.1, 0.15) is 36.2 Å². The van der Waals surface area contributed by atoms with E-state index in [9.17, 15) is 27.6 Å². The highest BCUT2D eigenvalue weighted by atomic mass is 32.2. The number of benzene rings is 2. The molecule has 0 saturated heterocycles. The van der Waals surface area contributed by atoms with Gasteiger partial charge in [-0.2, -0.15) is 4.31 Å². The number of likely N-dealkylation sites (N-methyl/N-ethyl adjacent to an activating group) is 1. The Hall–Kier alpha value is -5.12. The van der Waals surface area contributed by atoms with Gasteiger partial charge in [-0.05, 0) is 62.7 Å². The van der Waals surface area contributed by atoms with Gasteiger partial charge in [-0.15, -0.1) is 0 Å². The van der Waals surface area contributed by atoms with Crippen LogP contribution in [-0.4, -0.2) is 99.1 Å². The Balaban J connectivity index is 1.41. The highest BCUT2D eigenvalue weighted by Gasteiger charge is 2.37. The molecule has 0 spiro atoms. The molecule has 3 aromatic rings. The molecule has 270 valence electrons. The molecule has 2 aromatic carbocycles. The summed E-state index contributed by atoms with van der Waals surface area (Å²) in [6, 6.07) is 14.0. The molecule has 3 heterocycles. The number of aromatic nitrogens is 1. The van der Waals surface area contributed by atoms with Crippen LogP contribution in [0, 0.1) is 0 Å². The number of hydrogen-bond donors (Lipinski definition) is 2. The van der Waals surface area contributed by atoms with Crippen LogP contribution in [0.25, 0.3) is 16.6 Å². The highest BCUT2D eigenvalue weighted by Crippen LogP contribution is 2.38. The first kappa shape index (κ1) is 37.1. The number of sulfonamides is 1. The number of carbonyl (C=O) groups excluding carboxylic acids is 4. The zero-order chi connectivity index (χ0) is 36.9. The van der Waals surface area contributed by atoms with E-state index in [-0.39, 0.29) is 49.4 Å². The lowest BCUT2D eigenvalue weighted by atomic mass is 9.96. The van der Waals surface area contributed by atoms with E-state index in [0.717, 1.165) is 16.5 Å². The number of hydrogen-bond acceptors (Lipinski definition) is 12. The Morgan fingerprint density at radius 3 is 2.55 bits per heavy atom. The fraction of sp³-hybridized carbons (Fsp3) is 0.361. The van der Waals surface area contributed by atoms with Gasteiger partial charge in [0.15, 0.2) is 0 Å². The van der Waals surface area contributed by atoms with Crippen molar-refractivity contribution in [3.63, 3.8) is 0 Å². The summed E-state index contributed by atoms with van der Waals surface area (Å²) in [6.07, 6.45) is 1.05. The van der Waals surface area contributed by atoms with Crippen LogP contribution in [0.15, 0.2) is 65.8 Å². The standard InChI is InChI=1S/C36H41N5O9S/c1-22(2)41(51(5,46)47)15-14-26-27-8-6-7-9-30(27)39-33-29(26)18-40(4)31(33)16-28-24(19-42)21-48-35(44)34(28)50-36(45)49-20-23-10-12-25(13-11-23)38-32(43)17-37-3/h6-13,16,19,22,34,37H,14-15,17-18,20-21H2,1-5H3,(H,38,43)/b31-16-. The van der Waals surface area contributed by atoms with E-state index in [1.807, 2.05) is 50.1 Å². The largest absolute Gasteiger partial charge is 0.509 e. The van der Waals surface area contributed by atoms with Crippen LogP contribution in [0.3, 0.4) is 0 Å². The summed E-state index contributed by atoms with van der Waals surface area (Å²) in [6.45, 7) is 4.02. The number of aldehydes is 1. The van der Waals surface area contributed by atoms with Gasteiger partial charge in [0.25, 0.3) is 0 Å². The number of pyridine rings is 1. The van der Waals surface area contributed by atoms with Crippen molar-refractivity contribution >= 4 is 56.6 Å². The number of fused-ring (bicyclic) bond motifs is 2. The number of nitrogens with zero attached hydrogens (tertiary/aromatic N) is 3. The fourth-order valence-electron chi connectivity index (χ4n) is 6.15. The molecule has 14 nitrogen and oxygen atoms in total. The average molecular weight is 720 g/mol. The van der Waals surface area contributed by atoms with Crippen molar-refractivity contribution in [2.24, 2.45) is 0 Å². The molecule has 51 heavy (non-hydrogen) atoms. The molecule has 1 unspecified atom stereocenters. The molecule has 0 aliphatic carbocycles. The number of amides is 1. The number of carbonyl (C=O) groups is 4. The number of ether oxygens (including phenoxy) is 3. The van der Waals surface area contributed by atoms with Gasteiger partial charge >= 0.3 is 12.1 Å². The summed E-state index contributed by atoms with van der Waals surface area (Å²) in [4.78, 5) is 56.7. The maximum absolute atomic E-state index is 13.0. The summed E-state index contributed by atoms with van der Waals surface area (Å²) in [5.41, 5.74) is 5.11. The first-order valence-corrected chi connectivity index (χ1v) is 18.2. The maximum atomic E-state index is 13.0. The van der Waals surface area contributed by atoms with Crippen LogP contribution >= 0.6 is 0 Å². The minimum Gasteiger partial charge on any atom is -0.458 e. The van der Waals surface area contributed by atoms with Crippen LogP contribution in [-0.2, 0) is 58.2 Å². The Kier molecular flexibility index (Phi) is 11.5. The van der Waals surface area contributed by atoms with Gasteiger partial charge in [-0.1, -0.05) is 30.3 Å². The second kappa shape index (κ2) is 15.8. The number of rotatable bonds is 13. The first-order chi connectivity index (χ1) is 24.3. The molecule has 0 fully saturated rings. The van der Waals surface area contributed by atoms with Crippen molar-refractivity contribution in [1.82, 2.24) is 19.5 Å². The molecule has 0 bridgehead atoms. The van der Waals surface area contributed by atoms with Gasteiger partial charge in [0.2, 0.25) is 22.0 Å². The minimum absolute atomic E-state index is 0.111. The third-order valence-electron chi connectivity index (χ3n) is 8.56. The van der Waals surface area contributed by atoms with E-state index >= 15 is 0 Å². The first-order valence-electron chi connectivity index (χ1n) is 16.3. The molecule has 1 aromatic heterocycles. The SMILES string of the molecule is CNCC(=O)Nc1ccc(COC(=O)OC2C(=O)OCC(C=O)=C2/C=C2/c3nc4ccccc4c(CCN(C(C)C)S(C)(=O)=O)c3CN2C)cc1. The van der Waals surface area contributed by atoms with E-state index in [1.165, 1.54) is 10.6 Å². The number of esters is 1. The smallest absolute Gasteiger partial charge is 0.458 e. The zero-order valence-electron chi connectivity index (χ0n) is 29.1. The minimum atomic E-state index is -3.46. The Morgan fingerprint density at radius 1 is 1.16 bits per heavy atom. The van der Waals surface area contributed by atoms with E-state index in [0.29, 0.717) is 47.4 Å². The van der Waals surface area contributed by atoms with E-state index < -0.39 is 28.3 Å². The van der Waals surface area contributed by atoms with Gasteiger partial charge in [0, 0.05) is 54.0 Å². The van der Waals surface area contributed by atoms with Crippen molar-refractivity contribution in [2.45, 2.75) is 45.6 Å². The lowest BCUT2D eigenvalue weighted by Crippen LogP contribution is -2.37. The van der Waals surface area contributed by atoms with Crippen LogP contribution < -0.4 is 10.6 Å². The summed E-state index contributed by atoms with van der Waals surface area (Å²) >= 11 is 0. The normalized spacial score (nSPS) is 16.8. The molecular weight excluding hydrogens is 678 g/mol.